The number of H-pyrrole nitrogens is 1. The van der Waals surface area contributed by atoms with Crippen LogP contribution in [0.1, 0.15) is 41.6 Å². The van der Waals surface area contributed by atoms with E-state index in [1.54, 1.807) is 24.3 Å². The number of nitrogens with one attached hydrogen (secondary N) is 1. The second-order valence-corrected chi connectivity index (χ2v) is 8.74. The fourth-order valence-electron chi connectivity index (χ4n) is 3.63. The molecular weight excluding hydrogens is 526 g/mol. The summed E-state index contributed by atoms with van der Waals surface area (Å²) in [7, 11) is 0. The SMILES string of the molecule is Nc1nc(OCCCO)nc2c1[nH]c(=O)n2Cc1ccc(C(=O)CCCOCCOCCOCCC(=O)O)cc1. The highest BCUT2D eigenvalue weighted by molar-refractivity contribution is 5.96. The first-order chi connectivity index (χ1) is 19.4. The first kappa shape index (κ1) is 30.7. The van der Waals surface area contributed by atoms with Gasteiger partial charge in [-0.2, -0.15) is 9.97 Å². The summed E-state index contributed by atoms with van der Waals surface area (Å²) in [6, 6.07) is 7.01. The van der Waals surface area contributed by atoms with E-state index in [4.69, 9.17) is 34.9 Å². The number of carbonyl (C=O) groups excluding carboxylic acids is 1. The summed E-state index contributed by atoms with van der Waals surface area (Å²) >= 11 is 0. The monoisotopic (exact) mass is 561 g/mol. The summed E-state index contributed by atoms with van der Waals surface area (Å²) in [5, 5.41) is 17.4. The molecule has 0 spiro atoms. The number of hydrogen-bond acceptors (Lipinski definition) is 11. The summed E-state index contributed by atoms with van der Waals surface area (Å²) in [5.74, 6) is -0.834. The van der Waals surface area contributed by atoms with Crippen molar-refractivity contribution < 1.29 is 38.7 Å². The molecule has 5 N–H and O–H groups in total. The number of rotatable bonds is 20. The number of carboxylic acids is 1. The van der Waals surface area contributed by atoms with E-state index in [0.717, 1.165) is 5.56 Å². The minimum atomic E-state index is -0.899. The predicted octanol–water partition coefficient (Wildman–Crippen LogP) is 0.999. The van der Waals surface area contributed by atoms with E-state index in [9.17, 15) is 14.4 Å². The topological polar surface area (TPSA) is 201 Å². The number of nitrogen functional groups attached to an aromatic ring is 1. The van der Waals surface area contributed by atoms with Gasteiger partial charge < -0.3 is 39.9 Å². The molecule has 3 aromatic rings. The van der Waals surface area contributed by atoms with Crippen molar-refractivity contribution in [1.82, 2.24) is 19.5 Å². The zero-order chi connectivity index (χ0) is 28.7. The minimum absolute atomic E-state index is 0.0145. The lowest BCUT2D eigenvalue weighted by molar-refractivity contribution is -0.138. The molecule has 3 rings (SSSR count). The molecule has 40 heavy (non-hydrogen) atoms. The van der Waals surface area contributed by atoms with Crippen LogP contribution in [0.2, 0.25) is 0 Å². The molecule has 0 saturated carbocycles. The van der Waals surface area contributed by atoms with E-state index in [1.165, 1.54) is 4.57 Å². The Morgan fingerprint density at radius 2 is 1.57 bits per heavy atom. The molecule has 0 saturated heterocycles. The van der Waals surface area contributed by atoms with Crippen LogP contribution in [0.15, 0.2) is 29.1 Å². The number of nitrogens with two attached hydrogens (primary N) is 1. The molecule has 2 heterocycles. The molecule has 0 radical (unpaired) electrons. The van der Waals surface area contributed by atoms with Gasteiger partial charge in [-0.25, -0.2) is 4.79 Å². The largest absolute Gasteiger partial charge is 0.481 e. The maximum Gasteiger partial charge on any atom is 0.328 e. The van der Waals surface area contributed by atoms with Crippen molar-refractivity contribution in [3.63, 3.8) is 0 Å². The van der Waals surface area contributed by atoms with Gasteiger partial charge in [-0.1, -0.05) is 24.3 Å². The van der Waals surface area contributed by atoms with Crippen LogP contribution in [0.5, 0.6) is 6.01 Å². The number of anilines is 1. The highest BCUT2D eigenvalue weighted by atomic mass is 16.5. The van der Waals surface area contributed by atoms with E-state index in [1.807, 2.05) is 0 Å². The molecule has 0 fully saturated rings. The van der Waals surface area contributed by atoms with Gasteiger partial charge in [0.1, 0.15) is 5.52 Å². The molecule has 0 bridgehead atoms. The van der Waals surface area contributed by atoms with Crippen molar-refractivity contribution in [2.45, 2.75) is 32.2 Å². The highest BCUT2D eigenvalue weighted by Crippen LogP contribution is 2.19. The molecule has 0 unspecified atom stereocenters. The second-order valence-electron chi connectivity index (χ2n) is 8.74. The van der Waals surface area contributed by atoms with Crippen LogP contribution in [0.3, 0.4) is 0 Å². The lowest BCUT2D eigenvalue weighted by atomic mass is 10.0. The number of fused-ring (bicyclic) bond motifs is 1. The van der Waals surface area contributed by atoms with Gasteiger partial charge in [-0.15, -0.1) is 0 Å². The van der Waals surface area contributed by atoms with Gasteiger partial charge >= 0.3 is 17.7 Å². The number of aliphatic hydroxyl groups excluding tert-OH is 1. The third kappa shape index (κ3) is 9.72. The second kappa shape index (κ2) is 16.3. The maximum atomic E-state index is 12.6. The average molecular weight is 562 g/mol. The van der Waals surface area contributed by atoms with Gasteiger partial charge in [-0.05, 0) is 12.0 Å². The number of nitrogens with zero attached hydrogens (tertiary/aromatic N) is 3. The van der Waals surface area contributed by atoms with Crippen molar-refractivity contribution in [3.05, 3.63) is 45.9 Å². The lowest BCUT2D eigenvalue weighted by Crippen LogP contribution is -2.18. The maximum absolute atomic E-state index is 12.6. The molecule has 14 nitrogen and oxygen atoms in total. The Balaban J connectivity index is 1.41. The van der Waals surface area contributed by atoms with Crippen LogP contribution in [-0.4, -0.2) is 94.3 Å². The number of carboxylic acid groups (broad SMARTS) is 1. The Bertz CT molecular complexity index is 1290. The summed E-state index contributed by atoms with van der Waals surface area (Å²) in [4.78, 5) is 46.5. The summed E-state index contributed by atoms with van der Waals surface area (Å²) in [6.07, 6.45) is 1.27. The fourth-order valence-corrected chi connectivity index (χ4v) is 3.63. The van der Waals surface area contributed by atoms with E-state index < -0.39 is 11.7 Å². The molecule has 0 aliphatic rings. The number of ketones is 1. The van der Waals surface area contributed by atoms with Crippen molar-refractivity contribution in [3.8, 4) is 6.01 Å². The lowest BCUT2D eigenvalue weighted by Gasteiger charge is -2.08. The number of Topliss-reactive ketones (excluding diaryl/α,β-unsaturated/α-hetero) is 1. The van der Waals surface area contributed by atoms with Crippen LogP contribution >= 0.6 is 0 Å². The summed E-state index contributed by atoms with van der Waals surface area (Å²) < 4.78 is 22.8. The number of carbonyl (C=O) groups is 2. The highest BCUT2D eigenvalue weighted by Gasteiger charge is 2.15. The first-order valence-corrected chi connectivity index (χ1v) is 13.0. The molecule has 14 heteroatoms. The van der Waals surface area contributed by atoms with Crippen molar-refractivity contribution in [2.75, 3.05) is 58.6 Å². The van der Waals surface area contributed by atoms with Gasteiger partial charge in [-0.3, -0.25) is 14.2 Å². The van der Waals surface area contributed by atoms with Gasteiger partial charge in [0, 0.05) is 31.6 Å². The molecule has 218 valence electrons. The van der Waals surface area contributed by atoms with Gasteiger partial charge in [0.25, 0.3) is 0 Å². The number of aromatic amines is 1. The molecule has 2 aromatic heterocycles. The Morgan fingerprint density at radius 1 is 0.900 bits per heavy atom. The number of aliphatic hydroxyl groups is 1. The third-order valence-corrected chi connectivity index (χ3v) is 5.68. The third-order valence-electron chi connectivity index (χ3n) is 5.68. The smallest absolute Gasteiger partial charge is 0.328 e. The van der Waals surface area contributed by atoms with Gasteiger partial charge in [0.05, 0.1) is 52.6 Å². The average Bonchev–Trinajstić information content (AvgIpc) is 3.25. The number of imidazole rings is 1. The first-order valence-electron chi connectivity index (χ1n) is 13.0. The molecule has 0 aliphatic carbocycles. The number of hydrogen-bond donors (Lipinski definition) is 4. The van der Waals surface area contributed by atoms with Crippen LogP contribution < -0.4 is 16.2 Å². The van der Waals surface area contributed by atoms with Crippen LogP contribution in [0, 0.1) is 0 Å². The molecule has 0 amide bonds. The molecule has 0 aliphatic heterocycles. The Morgan fingerprint density at radius 3 is 2.25 bits per heavy atom. The zero-order valence-electron chi connectivity index (χ0n) is 22.2. The number of aliphatic carboxylic acids is 1. The normalized spacial score (nSPS) is 11.2. The number of ether oxygens (including phenoxy) is 4. The van der Waals surface area contributed by atoms with E-state index >= 15 is 0 Å². The van der Waals surface area contributed by atoms with Crippen molar-refractivity contribution in [2.24, 2.45) is 0 Å². The zero-order valence-corrected chi connectivity index (χ0v) is 22.2. The molecule has 1 aromatic carbocycles. The quantitative estimate of drug-likeness (QED) is 0.113. The van der Waals surface area contributed by atoms with Gasteiger partial charge in [0.15, 0.2) is 17.2 Å². The summed E-state index contributed by atoms with van der Waals surface area (Å²) in [5.41, 5.74) is 7.51. The van der Waals surface area contributed by atoms with E-state index in [0.29, 0.717) is 69.0 Å². The van der Waals surface area contributed by atoms with E-state index in [2.05, 4.69) is 15.0 Å². The number of aromatic nitrogens is 4. The van der Waals surface area contributed by atoms with Crippen LogP contribution in [0.25, 0.3) is 11.2 Å². The standard InChI is InChI=1S/C26H35N5O9/c27-23-22-24(30-25(29-23)40-11-2-9-32)31(26(36)28-22)17-18-4-6-19(7-5-18)20(33)3-1-10-37-13-15-39-16-14-38-12-8-21(34)35/h4-7,32H,1-3,8-17H2,(H,28,36)(H,34,35)(H2,27,29,30). The minimum Gasteiger partial charge on any atom is -0.481 e. The number of benzene rings is 1. The van der Waals surface area contributed by atoms with Crippen molar-refractivity contribution >= 4 is 28.7 Å². The van der Waals surface area contributed by atoms with Crippen LogP contribution in [-0.2, 0) is 25.5 Å². The summed E-state index contributed by atoms with van der Waals surface area (Å²) in [6.45, 7) is 2.40. The predicted molar refractivity (Wildman–Crippen MR) is 144 cm³/mol. The fraction of sp³-hybridized carbons (Fsp3) is 0.500. The molecular formula is C26H35N5O9. The van der Waals surface area contributed by atoms with E-state index in [-0.39, 0.29) is 50.4 Å². The Kier molecular flexibility index (Phi) is 12.5. The van der Waals surface area contributed by atoms with Crippen LogP contribution in [0.4, 0.5) is 5.82 Å². The van der Waals surface area contributed by atoms with Gasteiger partial charge in [0.2, 0.25) is 0 Å². The molecule has 0 atom stereocenters. The van der Waals surface area contributed by atoms with Crippen molar-refractivity contribution in [1.29, 1.82) is 0 Å². The Labute approximate surface area is 230 Å². The Hall–Kier alpha value is -3.85.